The fourth-order valence-corrected chi connectivity index (χ4v) is 2.56. The summed E-state index contributed by atoms with van der Waals surface area (Å²) >= 11 is 0. The molecule has 0 spiro atoms. The van der Waals surface area contributed by atoms with E-state index in [0.29, 0.717) is 13.1 Å². The summed E-state index contributed by atoms with van der Waals surface area (Å²) in [4.78, 5) is 0. The van der Waals surface area contributed by atoms with Gasteiger partial charge in [0.05, 0.1) is 0 Å². The third kappa shape index (κ3) is 3.57. The maximum Gasteiger partial charge on any atom is 0.281 e. The summed E-state index contributed by atoms with van der Waals surface area (Å²) in [7, 11) is -0.145. The average Bonchev–Trinajstić information content (AvgIpc) is 2.03. The van der Waals surface area contributed by atoms with Crippen LogP contribution in [0.1, 0.15) is 19.8 Å². The fourth-order valence-electron chi connectivity index (χ4n) is 1.46. The second kappa shape index (κ2) is 4.97. The van der Waals surface area contributed by atoms with E-state index in [-0.39, 0.29) is 17.9 Å². The van der Waals surface area contributed by atoms with Gasteiger partial charge in [-0.2, -0.15) is 17.0 Å². The monoisotopic (exact) mass is 257 g/mol. The van der Waals surface area contributed by atoms with Gasteiger partial charge in [-0.05, 0) is 19.8 Å². The SMILES string of the molecule is CN(C)S(=O)(=O)N1CCC(C)(N)CC1.Cl. The Morgan fingerprint density at radius 2 is 1.67 bits per heavy atom. The summed E-state index contributed by atoms with van der Waals surface area (Å²) < 4.78 is 26.1. The smallest absolute Gasteiger partial charge is 0.281 e. The highest BCUT2D eigenvalue weighted by molar-refractivity contribution is 7.86. The van der Waals surface area contributed by atoms with Gasteiger partial charge in [-0.3, -0.25) is 0 Å². The molecule has 1 aliphatic heterocycles. The molecule has 1 rings (SSSR count). The summed E-state index contributed by atoms with van der Waals surface area (Å²) in [5.74, 6) is 0. The van der Waals surface area contributed by atoms with Gasteiger partial charge >= 0.3 is 0 Å². The van der Waals surface area contributed by atoms with Crippen LogP contribution in [-0.4, -0.2) is 49.8 Å². The molecular formula is C8H20ClN3O2S. The van der Waals surface area contributed by atoms with Gasteiger partial charge in [-0.15, -0.1) is 12.4 Å². The molecule has 1 fully saturated rings. The Bertz CT molecular complexity index is 293. The summed E-state index contributed by atoms with van der Waals surface area (Å²) in [5, 5.41) is 0. The molecule has 2 N–H and O–H groups in total. The Morgan fingerprint density at radius 1 is 1.27 bits per heavy atom. The van der Waals surface area contributed by atoms with Crippen molar-refractivity contribution in [1.29, 1.82) is 0 Å². The number of hydrogen-bond acceptors (Lipinski definition) is 3. The Kier molecular flexibility index (Phi) is 5.01. The van der Waals surface area contributed by atoms with Crippen LogP contribution >= 0.6 is 12.4 Å². The van der Waals surface area contributed by atoms with E-state index in [0.717, 1.165) is 12.8 Å². The Morgan fingerprint density at radius 3 is 2.00 bits per heavy atom. The number of rotatable bonds is 2. The molecule has 7 heteroatoms. The number of halogens is 1. The van der Waals surface area contributed by atoms with E-state index < -0.39 is 10.2 Å². The highest BCUT2D eigenvalue weighted by Gasteiger charge is 2.32. The normalized spacial score (nSPS) is 22.5. The third-order valence-electron chi connectivity index (χ3n) is 2.65. The first kappa shape index (κ1) is 15.1. The highest BCUT2D eigenvalue weighted by Crippen LogP contribution is 2.21. The predicted molar refractivity (Wildman–Crippen MR) is 63.3 cm³/mol. The van der Waals surface area contributed by atoms with E-state index >= 15 is 0 Å². The maximum absolute atomic E-state index is 11.7. The summed E-state index contributed by atoms with van der Waals surface area (Å²) in [6, 6.07) is 0. The van der Waals surface area contributed by atoms with Crippen molar-refractivity contribution in [2.75, 3.05) is 27.2 Å². The lowest BCUT2D eigenvalue weighted by Gasteiger charge is -2.36. The summed E-state index contributed by atoms with van der Waals surface area (Å²) in [6.45, 7) is 3.01. The van der Waals surface area contributed by atoms with Crippen LogP contribution in [0.5, 0.6) is 0 Å². The van der Waals surface area contributed by atoms with E-state index in [4.69, 9.17) is 5.73 Å². The Hall–Kier alpha value is 0.120. The van der Waals surface area contributed by atoms with Crippen LogP contribution in [0.15, 0.2) is 0 Å². The molecule has 0 aromatic rings. The van der Waals surface area contributed by atoms with Crippen LogP contribution in [0.2, 0.25) is 0 Å². The van der Waals surface area contributed by atoms with Gasteiger partial charge < -0.3 is 5.73 Å². The van der Waals surface area contributed by atoms with Crippen molar-refractivity contribution >= 4 is 22.6 Å². The van der Waals surface area contributed by atoms with Crippen LogP contribution in [0.4, 0.5) is 0 Å². The van der Waals surface area contributed by atoms with Crippen LogP contribution in [0, 0.1) is 0 Å². The van der Waals surface area contributed by atoms with Gasteiger partial charge in [0, 0.05) is 32.7 Å². The minimum Gasteiger partial charge on any atom is -0.325 e. The Labute approximate surface area is 98.2 Å². The highest BCUT2D eigenvalue weighted by atomic mass is 35.5. The number of piperidine rings is 1. The molecule has 0 radical (unpaired) electrons. The lowest BCUT2D eigenvalue weighted by atomic mass is 9.92. The minimum absolute atomic E-state index is 0. The van der Waals surface area contributed by atoms with E-state index in [1.807, 2.05) is 6.92 Å². The van der Waals surface area contributed by atoms with Gasteiger partial charge in [0.25, 0.3) is 10.2 Å². The fraction of sp³-hybridized carbons (Fsp3) is 1.00. The molecule has 92 valence electrons. The molecule has 1 saturated heterocycles. The van der Waals surface area contributed by atoms with Gasteiger partial charge in [-0.25, -0.2) is 0 Å². The first-order chi connectivity index (χ1) is 6.26. The second-order valence-electron chi connectivity index (χ2n) is 4.34. The summed E-state index contributed by atoms with van der Waals surface area (Å²) in [5.41, 5.74) is 5.71. The molecule has 0 amide bonds. The average molecular weight is 258 g/mol. The molecule has 0 aromatic carbocycles. The zero-order valence-corrected chi connectivity index (χ0v) is 11.1. The molecule has 0 bridgehead atoms. The molecule has 5 nitrogen and oxygen atoms in total. The van der Waals surface area contributed by atoms with Crippen molar-refractivity contribution in [1.82, 2.24) is 8.61 Å². The van der Waals surface area contributed by atoms with Crippen LogP contribution in [-0.2, 0) is 10.2 Å². The Balaban J connectivity index is 0.00000196. The minimum atomic E-state index is -3.24. The maximum atomic E-state index is 11.7. The molecule has 15 heavy (non-hydrogen) atoms. The molecular weight excluding hydrogens is 238 g/mol. The van der Waals surface area contributed by atoms with E-state index in [9.17, 15) is 8.42 Å². The first-order valence-electron chi connectivity index (χ1n) is 4.72. The molecule has 0 aromatic heterocycles. The number of nitrogens with zero attached hydrogens (tertiary/aromatic N) is 2. The van der Waals surface area contributed by atoms with Gasteiger partial charge in [-0.1, -0.05) is 0 Å². The van der Waals surface area contributed by atoms with Gasteiger partial charge in [0.15, 0.2) is 0 Å². The van der Waals surface area contributed by atoms with Gasteiger partial charge in [0.1, 0.15) is 0 Å². The second-order valence-corrected chi connectivity index (χ2v) is 6.49. The van der Waals surface area contributed by atoms with Crippen molar-refractivity contribution in [3.8, 4) is 0 Å². The molecule has 0 saturated carbocycles. The molecule has 1 aliphatic rings. The zero-order valence-electron chi connectivity index (χ0n) is 9.43. The van der Waals surface area contributed by atoms with Crippen molar-refractivity contribution in [3.05, 3.63) is 0 Å². The first-order valence-corrected chi connectivity index (χ1v) is 6.12. The molecule has 1 heterocycles. The van der Waals surface area contributed by atoms with Crippen molar-refractivity contribution < 1.29 is 8.42 Å². The van der Waals surface area contributed by atoms with E-state index in [1.54, 1.807) is 14.1 Å². The van der Waals surface area contributed by atoms with Gasteiger partial charge in [0.2, 0.25) is 0 Å². The summed E-state index contributed by atoms with van der Waals surface area (Å²) in [6.07, 6.45) is 1.44. The molecule has 0 unspecified atom stereocenters. The van der Waals surface area contributed by atoms with E-state index in [1.165, 1.54) is 8.61 Å². The van der Waals surface area contributed by atoms with Crippen LogP contribution in [0.3, 0.4) is 0 Å². The van der Waals surface area contributed by atoms with Crippen molar-refractivity contribution in [3.63, 3.8) is 0 Å². The standard InChI is InChI=1S/C8H19N3O2S.ClH/c1-8(9)4-6-11(7-5-8)14(12,13)10(2)3;/h4-7,9H2,1-3H3;1H. The topological polar surface area (TPSA) is 66.6 Å². The van der Waals surface area contributed by atoms with Crippen molar-refractivity contribution in [2.45, 2.75) is 25.3 Å². The third-order valence-corrected chi connectivity index (χ3v) is 4.59. The molecule has 0 aliphatic carbocycles. The molecule has 0 atom stereocenters. The van der Waals surface area contributed by atoms with E-state index in [2.05, 4.69) is 0 Å². The lowest BCUT2D eigenvalue weighted by Crippen LogP contribution is -2.52. The number of hydrogen-bond donors (Lipinski definition) is 1. The lowest BCUT2D eigenvalue weighted by molar-refractivity contribution is 0.243. The zero-order chi connectivity index (χ0) is 11.0. The van der Waals surface area contributed by atoms with Crippen LogP contribution < -0.4 is 5.73 Å². The largest absolute Gasteiger partial charge is 0.325 e. The quantitative estimate of drug-likeness (QED) is 0.759. The number of nitrogens with two attached hydrogens (primary N) is 1. The van der Waals surface area contributed by atoms with Crippen molar-refractivity contribution in [2.24, 2.45) is 5.73 Å². The predicted octanol–water partition coefficient (Wildman–Crippen LogP) is 0.0278. The van der Waals surface area contributed by atoms with Crippen LogP contribution in [0.25, 0.3) is 0 Å².